The van der Waals surface area contributed by atoms with Crippen LogP contribution in [0, 0.1) is 11.8 Å². The highest BCUT2D eigenvalue weighted by molar-refractivity contribution is 7.22. The molecule has 354 valence electrons. The molecule has 65 heavy (non-hydrogen) atoms. The Kier molecular flexibility index (Phi) is 18.3. The van der Waals surface area contributed by atoms with E-state index in [0.29, 0.717) is 23.0 Å². The highest BCUT2D eigenvalue weighted by Crippen LogP contribution is 2.57. The van der Waals surface area contributed by atoms with Crippen LogP contribution < -0.4 is 0 Å². The average molecular weight is 936 g/mol. The molecule has 7 rings (SSSR count). The summed E-state index contributed by atoms with van der Waals surface area (Å²) in [7, 11) is 0. The molecule has 0 fully saturated rings. The molecule has 7 heterocycles. The maximum atomic E-state index is 15.3. The molecule has 3 aromatic heterocycles. The highest BCUT2D eigenvalue weighted by Gasteiger charge is 2.52. The van der Waals surface area contributed by atoms with Crippen LogP contribution in [-0.2, 0) is 15.0 Å². The molecule has 0 saturated carbocycles. The van der Waals surface area contributed by atoms with Gasteiger partial charge in [0.2, 0.25) is 0 Å². The first-order valence-corrected chi connectivity index (χ1v) is 29.0. The summed E-state index contributed by atoms with van der Waals surface area (Å²) >= 11 is 5.36. The van der Waals surface area contributed by atoms with Crippen molar-refractivity contribution in [2.75, 3.05) is 0 Å². The van der Waals surface area contributed by atoms with Gasteiger partial charge in [-0.25, -0.2) is 0 Å². The van der Waals surface area contributed by atoms with E-state index < -0.39 is 0 Å². The van der Waals surface area contributed by atoms with Crippen molar-refractivity contribution in [3.05, 3.63) is 78.9 Å². The van der Waals surface area contributed by atoms with Crippen LogP contribution in [0.2, 0.25) is 0 Å². The Balaban J connectivity index is 1.25. The van der Waals surface area contributed by atoms with Gasteiger partial charge in [0.05, 0.1) is 32.3 Å². The van der Waals surface area contributed by atoms with Crippen molar-refractivity contribution in [3.63, 3.8) is 0 Å². The number of allylic oxidation sites excluding steroid dienone is 2. The predicted octanol–water partition coefficient (Wildman–Crippen LogP) is 18.8. The SMILES string of the molecule is CCCCCCCCC(CCCCCC)CC1=CN2C(=O)C3=C4c5sc(C(C)(C)C)cc5C(CC(CCCCCC)CCCCCCCC)=CN4C(=O)C3=C2c2sc(-c3cccs3)cc21. The summed E-state index contributed by atoms with van der Waals surface area (Å²) in [5, 5.41) is 2.16. The summed E-state index contributed by atoms with van der Waals surface area (Å²) in [6, 6.07) is 9.16. The number of nitrogens with zero attached hydrogens (tertiary/aromatic N) is 2. The minimum Gasteiger partial charge on any atom is -0.281 e. The number of carbonyl (C=O) groups is 2. The molecule has 2 amide bonds. The number of carbonyl (C=O) groups excluding carboxylic acids is 2. The zero-order valence-corrected chi connectivity index (χ0v) is 44.0. The average Bonchev–Trinajstić information content (AvgIpc) is 4.14. The summed E-state index contributed by atoms with van der Waals surface area (Å²) in [5.74, 6) is 1.10. The molecule has 0 bridgehead atoms. The van der Waals surface area contributed by atoms with Crippen molar-refractivity contribution in [2.24, 2.45) is 11.8 Å². The Morgan fingerprint density at radius 3 is 1.37 bits per heavy atom. The molecular formula is C58H82N2O2S3. The van der Waals surface area contributed by atoms with E-state index in [1.165, 1.54) is 191 Å². The van der Waals surface area contributed by atoms with Gasteiger partial charge < -0.3 is 0 Å². The minimum absolute atomic E-state index is 0.0316. The predicted molar refractivity (Wildman–Crippen MR) is 284 cm³/mol. The minimum atomic E-state index is -0.0490. The van der Waals surface area contributed by atoms with Crippen LogP contribution in [0.3, 0.4) is 0 Å². The van der Waals surface area contributed by atoms with Gasteiger partial charge in [-0.3, -0.25) is 19.4 Å². The zero-order chi connectivity index (χ0) is 45.9. The van der Waals surface area contributed by atoms with Gasteiger partial charge in [-0.15, -0.1) is 34.0 Å². The Labute approximate surface area is 406 Å². The molecule has 4 nitrogen and oxygen atoms in total. The summed E-state index contributed by atoms with van der Waals surface area (Å²) in [5.41, 5.74) is 7.87. The zero-order valence-electron chi connectivity index (χ0n) is 41.5. The lowest BCUT2D eigenvalue weighted by Gasteiger charge is -2.29. The number of rotatable bonds is 29. The van der Waals surface area contributed by atoms with Gasteiger partial charge >= 0.3 is 0 Å². The number of hydrogen-bond acceptors (Lipinski definition) is 5. The highest BCUT2D eigenvalue weighted by atomic mass is 32.1. The lowest BCUT2D eigenvalue weighted by Crippen LogP contribution is -2.27. The van der Waals surface area contributed by atoms with E-state index in [2.05, 4.69) is 90.5 Å². The lowest BCUT2D eigenvalue weighted by molar-refractivity contribution is -0.122. The molecule has 0 N–H and O–H groups in total. The van der Waals surface area contributed by atoms with E-state index in [4.69, 9.17) is 0 Å². The first-order chi connectivity index (χ1) is 31.6. The molecule has 7 heteroatoms. The molecule has 0 aromatic carbocycles. The number of fused-ring (bicyclic) bond motifs is 7. The molecule has 4 aliphatic heterocycles. The van der Waals surface area contributed by atoms with Crippen molar-refractivity contribution in [1.82, 2.24) is 9.80 Å². The number of thiophene rings is 3. The molecule has 0 saturated heterocycles. The quantitative estimate of drug-likeness (QED) is 0.0651. The van der Waals surface area contributed by atoms with Gasteiger partial charge in [-0.1, -0.05) is 209 Å². The molecule has 0 aliphatic carbocycles. The maximum absolute atomic E-state index is 15.3. The Hall–Kier alpha value is -3.00. The molecular weight excluding hydrogens is 853 g/mol. The van der Waals surface area contributed by atoms with E-state index in [1.54, 1.807) is 22.7 Å². The second-order valence-corrected chi connectivity index (χ2v) is 24.0. The van der Waals surface area contributed by atoms with Gasteiger partial charge in [-0.05, 0) is 75.9 Å². The Morgan fingerprint density at radius 2 is 0.938 bits per heavy atom. The second-order valence-electron chi connectivity index (χ2n) is 21.0. The third-order valence-electron chi connectivity index (χ3n) is 14.6. The number of unbranched alkanes of at least 4 members (excludes halogenated alkanes) is 16. The van der Waals surface area contributed by atoms with Crippen molar-refractivity contribution in [3.8, 4) is 9.75 Å². The fourth-order valence-corrected chi connectivity index (χ4v) is 14.2. The van der Waals surface area contributed by atoms with Crippen molar-refractivity contribution >= 4 is 68.4 Å². The van der Waals surface area contributed by atoms with Crippen molar-refractivity contribution in [1.29, 1.82) is 0 Å². The molecule has 4 aliphatic rings. The normalized spacial score (nSPS) is 16.5. The van der Waals surface area contributed by atoms with Gasteiger partial charge in [0, 0.05) is 27.0 Å². The van der Waals surface area contributed by atoms with Crippen LogP contribution in [0.25, 0.3) is 32.3 Å². The van der Waals surface area contributed by atoms with E-state index in [-0.39, 0.29) is 17.2 Å². The van der Waals surface area contributed by atoms with Gasteiger partial charge in [0.15, 0.2) is 0 Å². The van der Waals surface area contributed by atoms with Crippen LogP contribution in [0.5, 0.6) is 0 Å². The fraction of sp³-hybridized carbons (Fsp3) is 0.621. The standard InChI is InChI=1S/C58H82N2O2S3/c1-8-12-16-20-22-26-31-41(29-24-18-14-10-3)35-43-39-59-52(54-45(43)37-48(64-54)47-33-28-34-63-47)50-51(57(59)62)53-55-46(38-49(65-55)58(5,6)7)44(40-60(53)56(50)61)36-42(30-25-19-15-11-4)32-27-23-21-17-13-9-2/h28,33-34,37-42H,8-27,29-32,35-36H2,1-7H3. The van der Waals surface area contributed by atoms with Gasteiger partial charge in [0.1, 0.15) is 0 Å². The van der Waals surface area contributed by atoms with Crippen LogP contribution >= 0.6 is 34.0 Å². The fourth-order valence-electron chi connectivity index (χ4n) is 10.8. The molecule has 0 spiro atoms. The first-order valence-electron chi connectivity index (χ1n) is 26.5. The summed E-state index contributed by atoms with van der Waals surface area (Å²) in [4.78, 5) is 40.4. The Morgan fingerprint density at radius 1 is 0.523 bits per heavy atom. The van der Waals surface area contributed by atoms with Crippen molar-refractivity contribution < 1.29 is 9.59 Å². The molecule has 3 aromatic rings. The third-order valence-corrected chi connectivity index (χ3v) is 18.4. The van der Waals surface area contributed by atoms with Crippen LogP contribution in [0.4, 0.5) is 0 Å². The van der Waals surface area contributed by atoms with Crippen molar-refractivity contribution in [2.45, 2.75) is 221 Å². The van der Waals surface area contributed by atoms with Crippen LogP contribution in [0.15, 0.2) is 53.2 Å². The van der Waals surface area contributed by atoms with Gasteiger partial charge in [-0.2, -0.15) is 0 Å². The number of amides is 2. The monoisotopic (exact) mass is 935 g/mol. The molecule has 2 atom stereocenters. The number of hydrogen-bond donors (Lipinski definition) is 0. The van der Waals surface area contributed by atoms with Gasteiger partial charge in [0.25, 0.3) is 11.8 Å². The first kappa shape index (κ1) is 49.9. The summed E-state index contributed by atoms with van der Waals surface area (Å²) < 4.78 is 0. The van der Waals surface area contributed by atoms with E-state index >= 15 is 9.59 Å². The second kappa shape index (κ2) is 23.8. The molecule has 0 radical (unpaired) electrons. The smallest absolute Gasteiger partial charge is 0.265 e. The third kappa shape index (κ3) is 11.8. The van der Waals surface area contributed by atoms with E-state index in [9.17, 15) is 0 Å². The summed E-state index contributed by atoms with van der Waals surface area (Å²) in [6.45, 7) is 16.1. The largest absolute Gasteiger partial charge is 0.281 e. The summed E-state index contributed by atoms with van der Waals surface area (Å²) in [6.07, 6.45) is 37.3. The maximum Gasteiger partial charge on any atom is 0.265 e. The lowest BCUT2D eigenvalue weighted by atomic mass is 9.85. The van der Waals surface area contributed by atoms with E-state index in [0.717, 1.165) is 34.0 Å². The van der Waals surface area contributed by atoms with Crippen LogP contribution in [-0.4, -0.2) is 21.6 Å². The molecule has 2 unspecified atom stereocenters. The van der Waals surface area contributed by atoms with E-state index in [1.807, 2.05) is 21.1 Å². The Bertz CT molecular complexity index is 2180. The topological polar surface area (TPSA) is 40.6 Å². The van der Waals surface area contributed by atoms with Crippen LogP contribution in [0.1, 0.15) is 241 Å².